The van der Waals surface area contributed by atoms with Crippen molar-refractivity contribution in [1.29, 1.82) is 0 Å². The molecule has 1 heterocycles. The molecule has 0 saturated heterocycles. The smallest absolute Gasteiger partial charge is 0.278 e. The van der Waals surface area contributed by atoms with Gasteiger partial charge in [0.05, 0.1) is 5.39 Å². The number of fused-ring (bicyclic) bond motifs is 1. The summed E-state index contributed by atoms with van der Waals surface area (Å²) in [6, 6.07) is 7.23. The van der Waals surface area contributed by atoms with Gasteiger partial charge in [-0.05, 0) is 49.1 Å². The molecule has 0 atom stereocenters. The summed E-state index contributed by atoms with van der Waals surface area (Å²) in [6.45, 7) is 6.83. The highest BCUT2D eigenvalue weighted by Crippen LogP contribution is 2.40. The standard InChI is InChI=1S/C20H28N4O2/c1-4-20(2,3)14-9-11-15(12-10-14)21-18(25)13-24-19(26)16-7-5-6-8-17(16)22-23-24/h5-8,14-15H,4,9-13H2,1-3H3,(H,21,25). The molecule has 6 nitrogen and oxygen atoms in total. The summed E-state index contributed by atoms with van der Waals surface area (Å²) >= 11 is 0. The number of hydrogen-bond donors (Lipinski definition) is 1. The van der Waals surface area contributed by atoms with Crippen molar-refractivity contribution in [3.63, 3.8) is 0 Å². The van der Waals surface area contributed by atoms with Crippen LogP contribution < -0.4 is 10.9 Å². The fourth-order valence-corrected chi connectivity index (χ4v) is 3.84. The minimum absolute atomic E-state index is 0.0863. The summed E-state index contributed by atoms with van der Waals surface area (Å²) in [5, 5.41) is 11.5. The summed E-state index contributed by atoms with van der Waals surface area (Å²) < 4.78 is 1.14. The topological polar surface area (TPSA) is 76.9 Å². The van der Waals surface area contributed by atoms with Crippen LogP contribution in [0.2, 0.25) is 0 Å². The maximum Gasteiger partial charge on any atom is 0.278 e. The lowest BCUT2D eigenvalue weighted by molar-refractivity contribution is -0.123. The number of nitrogens with one attached hydrogen (secondary N) is 1. The van der Waals surface area contributed by atoms with Crippen LogP contribution in [0.1, 0.15) is 52.9 Å². The zero-order valence-corrected chi connectivity index (χ0v) is 15.9. The first-order valence-electron chi connectivity index (χ1n) is 9.52. The Kier molecular flexibility index (Phi) is 5.39. The molecular weight excluding hydrogens is 328 g/mol. The molecule has 1 saturated carbocycles. The van der Waals surface area contributed by atoms with Crippen molar-refractivity contribution in [2.24, 2.45) is 11.3 Å². The van der Waals surface area contributed by atoms with E-state index in [1.54, 1.807) is 18.2 Å². The number of carbonyl (C=O) groups is 1. The fourth-order valence-electron chi connectivity index (χ4n) is 3.84. The first-order chi connectivity index (χ1) is 12.4. The third kappa shape index (κ3) is 3.94. The first-order valence-corrected chi connectivity index (χ1v) is 9.52. The largest absolute Gasteiger partial charge is 0.352 e. The SMILES string of the molecule is CCC(C)(C)C1CCC(NC(=O)Cn2nnc3ccccc3c2=O)CC1. The number of amides is 1. The molecule has 1 N–H and O–H groups in total. The Morgan fingerprint density at radius 1 is 1.23 bits per heavy atom. The summed E-state index contributed by atoms with van der Waals surface area (Å²) in [4.78, 5) is 24.8. The third-order valence-electron chi connectivity index (χ3n) is 6.03. The second-order valence-corrected chi connectivity index (χ2v) is 8.03. The number of benzene rings is 1. The van der Waals surface area contributed by atoms with Crippen LogP contribution in [-0.4, -0.2) is 26.9 Å². The summed E-state index contributed by atoms with van der Waals surface area (Å²) in [5.41, 5.74) is 0.633. The third-order valence-corrected chi connectivity index (χ3v) is 6.03. The molecule has 1 amide bonds. The molecule has 1 aromatic carbocycles. The van der Waals surface area contributed by atoms with Crippen LogP contribution in [-0.2, 0) is 11.3 Å². The molecule has 2 aromatic rings. The quantitative estimate of drug-likeness (QED) is 0.894. The van der Waals surface area contributed by atoms with E-state index in [4.69, 9.17) is 0 Å². The highest BCUT2D eigenvalue weighted by atomic mass is 16.2. The Hall–Kier alpha value is -2.24. The zero-order chi connectivity index (χ0) is 18.7. The van der Waals surface area contributed by atoms with Crippen molar-refractivity contribution >= 4 is 16.8 Å². The molecule has 0 radical (unpaired) electrons. The lowest BCUT2D eigenvalue weighted by Gasteiger charge is -2.39. The summed E-state index contributed by atoms with van der Waals surface area (Å²) in [5.74, 6) is 0.546. The number of rotatable bonds is 5. The second-order valence-electron chi connectivity index (χ2n) is 8.03. The van der Waals surface area contributed by atoms with Gasteiger partial charge in [-0.1, -0.05) is 44.5 Å². The van der Waals surface area contributed by atoms with E-state index in [1.807, 2.05) is 6.07 Å². The van der Waals surface area contributed by atoms with E-state index < -0.39 is 0 Å². The molecule has 6 heteroatoms. The van der Waals surface area contributed by atoms with Crippen molar-refractivity contribution < 1.29 is 4.79 Å². The van der Waals surface area contributed by atoms with Gasteiger partial charge < -0.3 is 5.32 Å². The van der Waals surface area contributed by atoms with Crippen LogP contribution in [0.3, 0.4) is 0 Å². The molecular formula is C20H28N4O2. The first kappa shape index (κ1) is 18.5. The molecule has 26 heavy (non-hydrogen) atoms. The van der Waals surface area contributed by atoms with Gasteiger partial charge in [0, 0.05) is 6.04 Å². The molecule has 3 rings (SSSR count). The van der Waals surface area contributed by atoms with Crippen LogP contribution in [0, 0.1) is 11.3 Å². The van der Waals surface area contributed by atoms with Gasteiger partial charge in [0.25, 0.3) is 5.56 Å². The predicted molar refractivity (Wildman–Crippen MR) is 102 cm³/mol. The highest BCUT2D eigenvalue weighted by Gasteiger charge is 2.32. The Balaban J connectivity index is 1.59. The monoisotopic (exact) mass is 356 g/mol. The fraction of sp³-hybridized carbons (Fsp3) is 0.600. The summed E-state index contributed by atoms with van der Waals surface area (Å²) in [6.07, 6.45) is 5.46. The molecule has 0 spiro atoms. The molecule has 0 aliphatic heterocycles. The Bertz CT molecular complexity index is 835. The van der Waals surface area contributed by atoms with Crippen molar-refractivity contribution in [1.82, 2.24) is 20.3 Å². The Morgan fingerprint density at radius 2 is 1.92 bits per heavy atom. The van der Waals surface area contributed by atoms with E-state index in [0.717, 1.165) is 36.3 Å². The van der Waals surface area contributed by atoms with Gasteiger partial charge in [0.1, 0.15) is 12.1 Å². The molecule has 140 valence electrons. The Morgan fingerprint density at radius 3 is 2.62 bits per heavy atom. The van der Waals surface area contributed by atoms with E-state index in [-0.39, 0.29) is 24.1 Å². The average Bonchev–Trinajstić information content (AvgIpc) is 2.65. The molecule has 1 aliphatic rings. The predicted octanol–water partition coefficient (Wildman–Crippen LogP) is 2.90. The number of nitrogens with zero attached hydrogens (tertiary/aromatic N) is 3. The van der Waals surface area contributed by atoms with Gasteiger partial charge in [-0.3, -0.25) is 9.59 Å². The van der Waals surface area contributed by atoms with E-state index in [9.17, 15) is 9.59 Å². The number of aromatic nitrogens is 3. The molecule has 0 unspecified atom stereocenters. The van der Waals surface area contributed by atoms with Crippen LogP contribution in [0.15, 0.2) is 29.1 Å². The van der Waals surface area contributed by atoms with E-state index in [1.165, 1.54) is 6.42 Å². The molecule has 1 aromatic heterocycles. The van der Waals surface area contributed by atoms with Gasteiger partial charge >= 0.3 is 0 Å². The lowest BCUT2D eigenvalue weighted by Crippen LogP contribution is -2.42. The van der Waals surface area contributed by atoms with Crippen molar-refractivity contribution in [3.05, 3.63) is 34.6 Å². The van der Waals surface area contributed by atoms with E-state index in [2.05, 4.69) is 36.4 Å². The van der Waals surface area contributed by atoms with E-state index >= 15 is 0 Å². The lowest BCUT2D eigenvalue weighted by atomic mass is 9.69. The maximum absolute atomic E-state index is 12.4. The normalized spacial score (nSPS) is 20.9. The van der Waals surface area contributed by atoms with Crippen molar-refractivity contribution in [2.45, 2.75) is 65.5 Å². The van der Waals surface area contributed by atoms with Crippen LogP contribution >= 0.6 is 0 Å². The average molecular weight is 356 g/mol. The maximum atomic E-state index is 12.4. The zero-order valence-electron chi connectivity index (χ0n) is 15.9. The van der Waals surface area contributed by atoms with E-state index in [0.29, 0.717) is 16.3 Å². The van der Waals surface area contributed by atoms with Crippen LogP contribution in [0.5, 0.6) is 0 Å². The second kappa shape index (κ2) is 7.56. The van der Waals surface area contributed by atoms with Gasteiger partial charge in [-0.25, -0.2) is 4.68 Å². The molecule has 0 bridgehead atoms. The number of carbonyl (C=O) groups excluding carboxylic acids is 1. The van der Waals surface area contributed by atoms with Gasteiger partial charge in [0.15, 0.2) is 0 Å². The van der Waals surface area contributed by atoms with Crippen molar-refractivity contribution in [3.8, 4) is 0 Å². The van der Waals surface area contributed by atoms with Gasteiger partial charge in [-0.15, -0.1) is 5.10 Å². The van der Waals surface area contributed by atoms with Gasteiger partial charge in [0.2, 0.25) is 5.91 Å². The highest BCUT2D eigenvalue weighted by molar-refractivity contribution is 5.78. The van der Waals surface area contributed by atoms with Crippen LogP contribution in [0.25, 0.3) is 10.9 Å². The number of hydrogen-bond acceptors (Lipinski definition) is 4. The minimum atomic E-state index is -0.279. The van der Waals surface area contributed by atoms with Gasteiger partial charge in [-0.2, -0.15) is 0 Å². The molecule has 1 fully saturated rings. The molecule has 1 aliphatic carbocycles. The van der Waals surface area contributed by atoms with Crippen LogP contribution in [0.4, 0.5) is 0 Å². The Labute approximate surface area is 154 Å². The summed E-state index contributed by atoms with van der Waals surface area (Å²) in [7, 11) is 0. The minimum Gasteiger partial charge on any atom is -0.352 e. The van der Waals surface area contributed by atoms with Crippen molar-refractivity contribution in [2.75, 3.05) is 0 Å².